The van der Waals surface area contributed by atoms with Gasteiger partial charge in [-0.3, -0.25) is 14.7 Å². The summed E-state index contributed by atoms with van der Waals surface area (Å²) < 4.78 is 19.3. The van der Waals surface area contributed by atoms with Crippen molar-refractivity contribution in [3.8, 4) is 45.6 Å². The molecule has 0 N–H and O–H groups in total. The van der Waals surface area contributed by atoms with Crippen LogP contribution in [0.5, 0.6) is 17.2 Å². The summed E-state index contributed by atoms with van der Waals surface area (Å²) in [7, 11) is 0. The Morgan fingerprint density at radius 1 is 0.860 bits per heavy atom. The number of carbonyl (C=O) groups excluding carboxylic acids is 1. The highest BCUT2D eigenvalue weighted by Gasteiger charge is 2.36. The van der Waals surface area contributed by atoms with Crippen LogP contribution in [0.4, 0.5) is 0 Å². The first-order chi connectivity index (χ1) is 24.4. The van der Waals surface area contributed by atoms with E-state index >= 15 is 0 Å². The number of piperidine rings is 3. The number of aldehydes is 1. The zero-order valence-electron chi connectivity index (χ0n) is 28.2. The van der Waals surface area contributed by atoms with E-state index in [0.717, 1.165) is 60.5 Å². The van der Waals surface area contributed by atoms with Crippen LogP contribution in [0.15, 0.2) is 91.3 Å². The average molecular weight is 684 g/mol. The molecular weight excluding hydrogens is 646 g/mol. The average Bonchev–Trinajstić information content (AvgIpc) is 3.15. The van der Waals surface area contributed by atoms with Crippen LogP contribution in [-0.4, -0.2) is 41.9 Å². The number of aromatic nitrogens is 1. The number of rotatable bonds is 11. The molecule has 7 nitrogen and oxygen atoms in total. The minimum Gasteiger partial charge on any atom is -0.488 e. The fraction of sp³-hybridized carbons (Fsp3) is 0.262. The molecule has 1 aromatic heterocycles. The third-order valence-electron chi connectivity index (χ3n) is 10.0. The lowest BCUT2D eigenvalue weighted by molar-refractivity contribution is -0.00858. The quantitative estimate of drug-likeness (QED) is 0.129. The van der Waals surface area contributed by atoms with Crippen LogP contribution < -0.4 is 14.2 Å². The Kier molecular flexibility index (Phi) is 9.84. The van der Waals surface area contributed by atoms with Crippen molar-refractivity contribution in [3.05, 3.63) is 130 Å². The van der Waals surface area contributed by atoms with E-state index in [1.807, 2.05) is 6.07 Å². The highest BCUT2D eigenvalue weighted by Crippen LogP contribution is 2.40. The van der Waals surface area contributed by atoms with Gasteiger partial charge in [0.2, 0.25) is 0 Å². The van der Waals surface area contributed by atoms with Gasteiger partial charge in [0, 0.05) is 36.1 Å². The molecule has 8 rings (SSSR count). The molecule has 50 heavy (non-hydrogen) atoms. The monoisotopic (exact) mass is 683 g/mol. The molecule has 0 aliphatic carbocycles. The SMILES string of the molecule is Cc1c(-c2ccccc2)cccc1-c1ccc(OC2CN3CCC2CC3)c(COc2cc(OCc3cncc(C#N)c3)c(C=O)cc2Cl)c1C. The lowest BCUT2D eigenvalue weighted by Gasteiger charge is -2.44. The van der Waals surface area contributed by atoms with Crippen molar-refractivity contribution in [1.29, 1.82) is 5.26 Å². The van der Waals surface area contributed by atoms with Gasteiger partial charge in [-0.1, -0.05) is 66.2 Å². The minimum absolute atomic E-state index is 0.116. The van der Waals surface area contributed by atoms with Crippen LogP contribution in [-0.2, 0) is 13.2 Å². The molecule has 1 atom stereocenters. The Morgan fingerprint density at radius 3 is 2.36 bits per heavy atom. The van der Waals surface area contributed by atoms with E-state index in [2.05, 4.69) is 84.4 Å². The molecule has 0 spiro atoms. The number of ether oxygens (including phenoxy) is 3. The van der Waals surface area contributed by atoms with Gasteiger partial charge in [-0.2, -0.15) is 5.26 Å². The molecule has 2 bridgehead atoms. The third kappa shape index (κ3) is 6.96. The smallest absolute Gasteiger partial charge is 0.153 e. The van der Waals surface area contributed by atoms with Gasteiger partial charge in [0.15, 0.2) is 6.29 Å². The first kappa shape index (κ1) is 33.3. The van der Waals surface area contributed by atoms with E-state index in [-0.39, 0.29) is 19.3 Å². The second-order valence-electron chi connectivity index (χ2n) is 13.1. The molecule has 3 aliphatic rings. The van der Waals surface area contributed by atoms with Gasteiger partial charge in [-0.15, -0.1) is 0 Å². The van der Waals surface area contributed by atoms with Crippen molar-refractivity contribution in [2.45, 2.75) is 46.0 Å². The van der Waals surface area contributed by atoms with Crippen LogP contribution in [0.2, 0.25) is 5.02 Å². The molecule has 252 valence electrons. The predicted octanol–water partition coefficient (Wildman–Crippen LogP) is 9.00. The summed E-state index contributed by atoms with van der Waals surface area (Å²) in [6.07, 6.45) is 6.23. The lowest BCUT2D eigenvalue weighted by atomic mass is 9.85. The number of carbonyl (C=O) groups is 1. The maximum Gasteiger partial charge on any atom is 0.153 e. The predicted molar refractivity (Wildman–Crippen MR) is 195 cm³/mol. The molecule has 1 unspecified atom stereocenters. The summed E-state index contributed by atoms with van der Waals surface area (Å²) in [5, 5.41) is 9.54. The number of benzene rings is 4. The van der Waals surface area contributed by atoms with Crippen LogP contribution in [0.25, 0.3) is 22.3 Å². The molecular formula is C42H38ClN3O4. The lowest BCUT2D eigenvalue weighted by Crippen LogP contribution is -2.52. The number of hydrogen-bond acceptors (Lipinski definition) is 7. The number of nitrogens with zero attached hydrogens (tertiary/aromatic N) is 3. The second-order valence-corrected chi connectivity index (χ2v) is 13.5. The Morgan fingerprint density at radius 2 is 1.62 bits per heavy atom. The fourth-order valence-corrected chi connectivity index (χ4v) is 7.42. The maximum atomic E-state index is 12.0. The summed E-state index contributed by atoms with van der Waals surface area (Å²) in [5.74, 6) is 2.05. The number of fused-ring (bicyclic) bond motifs is 3. The van der Waals surface area contributed by atoms with Crippen molar-refractivity contribution in [3.63, 3.8) is 0 Å². The summed E-state index contributed by atoms with van der Waals surface area (Å²) in [4.78, 5) is 18.6. The summed E-state index contributed by atoms with van der Waals surface area (Å²) in [6, 6.07) is 28.1. The molecule has 5 aromatic rings. The van der Waals surface area contributed by atoms with Crippen LogP contribution in [0.1, 0.15) is 51.0 Å². The van der Waals surface area contributed by atoms with Crippen molar-refractivity contribution in [2.24, 2.45) is 5.92 Å². The molecule has 3 fully saturated rings. The summed E-state index contributed by atoms with van der Waals surface area (Å²) >= 11 is 6.68. The van der Waals surface area contributed by atoms with Crippen molar-refractivity contribution in [2.75, 3.05) is 19.6 Å². The molecule has 4 heterocycles. The van der Waals surface area contributed by atoms with Gasteiger partial charge in [0.05, 0.1) is 16.1 Å². The first-order valence-corrected chi connectivity index (χ1v) is 17.3. The van der Waals surface area contributed by atoms with Gasteiger partial charge < -0.3 is 14.2 Å². The largest absolute Gasteiger partial charge is 0.488 e. The molecule has 0 saturated carbocycles. The molecule has 3 saturated heterocycles. The molecule has 0 amide bonds. The third-order valence-corrected chi connectivity index (χ3v) is 10.3. The van der Waals surface area contributed by atoms with E-state index in [4.69, 9.17) is 25.8 Å². The minimum atomic E-state index is 0.116. The van der Waals surface area contributed by atoms with Crippen LogP contribution >= 0.6 is 11.6 Å². The maximum absolute atomic E-state index is 12.0. The van der Waals surface area contributed by atoms with Crippen molar-refractivity contribution in [1.82, 2.24) is 9.88 Å². The number of hydrogen-bond donors (Lipinski definition) is 0. The standard InChI is InChI=1S/C42H38ClN3O4/c1-27-34(31-7-4-3-5-8-31)9-6-10-35(27)36-11-12-39(50-42-23-46-15-13-32(42)14-16-46)37(28(36)2)26-49-41-19-40(33(24-47)18-38(41)43)48-25-30-17-29(20-44)21-45-22-30/h3-12,17-19,21-22,24,32,42H,13-16,23,25-26H2,1-2H3. The Hall–Kier alpha value is -5.16. The first-order valence-electron chi connectivity index (χ1n) is 17.0. The number of halogens is 1. The van der Waals surface area contributed by atoms with E-state index < -0.39 is 0 Å². The van der Waals surface area contributed by atoms with Gasteiger partial charge in [-0.25, -0.2) is 0 Å². The van der Waals surface area contributed by atoms with Gasteiger partial charge in [0.25, 0.3) is 0 Å². The molecule has 4 aromatic carbocycles. The number of pyridine rings is 1. The van der Waals surface area contributed by atoms with E-state index in [1.165, 1.54) is 22.9 Å². The van der Waals surface area contributed by atoms with E-state index in [1.54, 1.807) is 24.4 Å². The summed E-state index contributed by atoms with van der Waals surface area (Å²) in [6.45, 7) is 7.81. The fourth-order valence-electron chi connectivity index (χ4n) is 7.20. The zero-order valence-corrected chi connectivity index (χ0v) is 29.0. The molecule has 3 aliphatic heterocycles. The Balaban J connectivity index is 1.22. The van der Waals surface area contributed by atoms with Crippen LogP contribution in [0, 0.1) is 31.1 Å². The van der Waals surface area contributed by atoms with Crippen molar-refractivity contribution < 1.29 is 19.0 Å². The van der Waals surface area contributed by atoms with Crippen molar-refractivity contribution >= 4 is 17.9 Å². The molecule has 8 heteroatoms. The van der Waals surface area contributed by atoms with Gasteiger partial charge >= 0.3 is 0 Å². The van der Waals surface area contributed by atoms with Gasteiger partial charge in [0.1, 0.15) is 42.6 Å². The highest BCUT2D eigenvalue weighted by atomic mass is 35.5. The summed E-state index contributed by atoms with van der Waals surface area (Å²) in [5.41, 5.74) is 9.27. The second kappa shape index (κ2) is 14.8. The van der Waals surface area contributed by atoms with E-state index in [9.17, 15) is 10.1 Å². The van der Waals surface area contributed by atoms with E-state index in [0.29, 0.717) is 45.4 Å². The Labute approximate surface area is 298 Å². The molecule has 0 radical (unpaired) electrons. The Bertz CT molecular complexity index is 2070. The number of nitriles is 1. The highest BCUT2D eigenvalue weighted by molar-refractivity contribution is 6.32. The zero-order chi connectivity index (χ0) is 34.6. The van der Waals surface area contributed by atoms with Gasteiger partial charge in [-0.05, 0) is 97.3 Å². The topological polar surface area (TPSA) is 84.7 Å². The van der Waals surface area contributed by atoms with Crippen LogP contribution in [0.3, 0.4) is 0 Å². The normalized spacial score (nSPS) is 17.9.